The van der Waals surface area contributed by atoms with Gasteiger partial charge in [0, 0.05) is 18.7 Å². The van der Waals surface area contributed by atoms with Crippen LogP contribution in [0.3, 0.4) is 0 Å². The number of likely N-dealkylation sites (N-methyl/N-ethyl adjacent to an activating group) is 1. The van der Waals surface area contributed by atoms with E-state index in [-0.39, 0.29) is 17.2 Å². The fourth-order valence-corrected chi connectivity index (χ4v) is 1.55. The molecule has 0 aliphatic carbocycles. The van der Waals surface area contributed by atoms with Crippen LogP contribution in [-0.4, -0.2) is 43.3 Å². The Morgan fingerprint density at radius 1 is 1.25 bits per heavy atom. The van der Waals surface area contributed by atoms with Crippen LogP contribution < -0.4 is 11.3 Å². The van der Waals surface area contributed by atoms with Crippen molar-refractivity contribution in [3.8, 4) is 0 Å². The summed E-state index contributed by atoms with van der Waals surface area (Å²) >= 11 is 0. The summed E-state index contributed by atoms with van der Waals surface area (Å²) < 4.78 is 5.42. The summed E-state index contributed by atoms with van der Waals surface area (Å²) in [5.74, 6) is 5.65. The zero-order valence-electron chi connectivity index (χ0n) is 11.9. The van der Waals surface area contributed by atoms with Crippen LogP contribution in [0.1, 0.15) is 40.5 Å². The molecule has 0 fully saturated rings. The molecule has 98 valence electrons. The lowest BCUT2D eigenvalue weighted by Crippen LogP contribution is -2.57. The summed E-state index contributed by atoms with van der Waals surface area (Å²) in [6, 6.07) is 0.247. The van der Waals surface area contributed by atoms with Gasteiger partial charge in [-0.05, 0) is 54.6 Å². The molecule has 3 N–H and O–H groups in total. The molecular weight excluding hydrogens is 202 g/mol. The van der Waals surface area contributed by atoms with Gasteiger partial charge in [0.1, 0.15) is 0 Å². The van der Waals surface area contributed by atoms with Crippen molar-refractivity contribution < 1.29 is 4.74 Å². The van der Waals surface area contributed by atoms with E-state index in [9.17, 15) is 0 Å². The van der Waals surface area contributed by atoms with E-state index in [0.29, 0.717) is 0 Å². The summed E-state index contributed by atoms with van der Waals surface area (Å²) in [5, 5.41) is 0. The number of ether oxygens (including phenoxy) is 1. The normalized spacial score (nSPS) is 15.6. The Hall–Kier alpha value is -0.160. The predicted molar refractivity (Wildman–Crippen MR) is 69.2 cm³/mol. The number of nitrogens with one attached hydrogen (secondary N) is 1. The first-order chi connectivity index (χ1) is 7.17. The second-order valence-corrected chi connectivity index (χ2v) is 5.77. The molecule has 0 saturated carbocycles. The monoisotopic (exact) mass is 231 g/mol. The van der Waals surface area contributed by atoms with Crippen LogP contribution in [0.4, 0.5) is 0 Å². The third kappa shape index (κ3) is 4.37. The molecule has 0 aliphatic rings. The van der Waals surface area contributed by atoms with Crippen LogP contribution in [-0.2, 0) is 4.74 Å². The Morgan fingerprint density at radius 2 is 1.75 bits per heavy atom. The van der Waals surface area contributed by atoms with Gasteiger partial charge < -0.3 is 9.64 Å². The van der Waals surface area contributed by atoms with E-state index < -0.39 is 0 Å². The van der Waals surface area contributed by atoms with E-state index >= 15 is 0 Å². The van der Waals surface area contributed by atoms with Gasteiger partial charge in [-0.3, -0.25) is 11.3 Å². The molecule has 0 aliphatic heterocycles. The minimum absolute atomic E-state index is 0.0264. The molecule has 1 atom stereocenters. The topological polar surface area (TPSA) is 50.5 Å². The molecule has 0 saturated heterocycles. The highest BCUT2D eigenvalue weighted by Gasteiger charge is 2.32. The molecule has 0 radical (unpaired) electrons. The van der Waals surface area contributed by atoms with E-state index in [1.165, 1.54) is 0 Å². The van der Waals surface area contributed by atoms with Gasteiger partial charge in [0.05, 0.1) is 5.60 Å². The first-order valence-electron chi connectivity index (χ1n) is 5.86. The minimum atomic E-state index is -0.0858. The molecule has 0 rings (SSSR count). The van der Waals surface area contributed by atoms with E-state index in [1.807, 2.05) is 0 Å². The van der Waals surface area contributed by atoms with Crippen LogP contribution in [0.2, 0.25) is 0 Å². The van der Waals surface area contributed by atoms with E-state index in [1.54, 1.807) is 7.11 Å². The summed E-state index contributed by atoms with van der Waals surface area (Å²) in [4.78, 5) is 2.19. The smallest absolute Gasteiger partial charge is 0.0623 e. The fraction of sp³-hybridized carbons (Fsp3) is 1.00. The number of nitrogens with zero attached hydrogens (tertiary/aromatic N) is 1. The third-order valence-corrected chi connectivity index (χ3v) is 3.79. The van der Waals surface area contributed by atoms with Crippen molar-refractivity contribution in [3.05, 3.63) is 0 Å². The lowest BCUT2D eigenvalue weighted by atomic mass is 9.87. The van der Waals surface area contributed by atoms with Crippen LogP contribution in [0, 0.1) is 0 Å². The van der Waals surface area contributed by atoms with Crippen LogP contribution in [0.5, 0.6) is 0 Å². The molecule has 0 amide bonds. The summed E-state index contributed by atoms with van der Waals surface area (Å²) in [6.07, 6.45) is 1.97. The van der Waals surface area contributed by atoms with Gasteiger partial charge in [-0.2, -0.15) is 0 Å². The first kappa shape index (κ1) is 15.8. The molecule has 16 heavy (non-hydrogen) atoms. The molecule has 0 heterocycles. The van der Waals surface area contributed by atoms with Crippen molar-refractivity contribution in [2.45, 2.75) is 57.7 Å². The highest BCUT2D eigenvalue weighted by molar-refractivity contribution is 4.91. The van der Waals surface area contributed by atoms with E-state index in [4.69, 9.17) is 10.6 Å². The Morgan fingerprint density at radius 3 is 2.06 bits per heavy atom. The number of hydrazine groups is 1. The highest BCUT2D eigenvalue weighted by atomic mass is 16.5. The second-order valence-electron chi connectivity index (χ2n) is 5.77. The Bertz CT molecular complexity index is 202. The molecular formula is C12H29N3O. The standard InChI is InChI=1S/C12H29N3O/c1-11(2,16-7)9-8-10(14-13)12(3,4)15(5)6/h10,14H,8-9,13H2,1-7H3. The van der Waals surface area contributed by atoms with Crippen molar-refractivity contribution >= 4 is 0 Å². The quantitative estimate of drug-likeness (QED) is 0.513. The average Bonchev–Trinajstić information content (AvgIpc) is 2.18. The lowest BCUT2D eigenvalue weighted by molar-refractivity contribution is 0.00606. The zero-order valence-corrected chi connectivity index (χ0v) is 11.9. The van der Waals surface area contributed by atoms with Gasteiger partial charge >= 0.3 is 0 Å². The number of methoxy groups -OCH3 is 1. The van der Waals surface area contributed by atoms with Crippen molar-refractivity contribution in [1.82, 2.24) is 10.3 Å². The second kappa shape index (κ2) is 5.96. The Balaban J connectivity index is 4.43. The molecule has 0 spiro atoms. The molecule has 1 unspecified atom stereocenters. The maximum Gasteiger partial charge on any atom is 0.0623 e. The SMILES string of the molecule is COC(C)(C)CCC(NN)C(C)(C)N(C)C. The Kier molecular flexibility index (Phi) is 5.90. The van der Waals surface area contributed by atoms with Crippen LogP contribution in [0.25, 0.3) is 0 Å². The van der Waals surface area contributed by atoms with Gasteiger partial charge in [-0.15, -0.1) is 0 Å². The fourth-order valence-electron chi connectivity index (χ4n) is 1.55. The number of nitrogens with two attached hydrogens (primary N) is 1. The number of hydrogen-bond acceptors (Lipinski definition) is 4. The Labute approximate surface area is 100 Å². The predicted octanol–water partition coefficient (Wildman–Crippen LogP) is 1.36. The van der Waals surface area contributed by atoms with Crippen LogP contribution in [0.15, 0.2) is 0 Å². The van der Waals surface area contributed by atoms with E-state index in [2.05, 4.69) is 52.1 Å². The maximum absolute atomic E-state index is 5.65. The van der Waals surface area contributed by atoms with Crippen molar-refractivity contribution in [2.75, 3.05) is 21.2 Å². The summed E-state index contributed by atoms with van der Waals surface area (Å²) in [5.41, 5.74) is 2.86. The number of rotatable bonds is 7. The highest BCUT2D eigenvalue weighted by Crippen LogP contribution is 2.23. The molecule has 4 nitrogen and oxygen atoms in total. The maximum atomic E-state index is 5.65. The summed E-state index contributed by atoms with van der Waals surface area (Å²) in [6.45, 7) is 8.58. The van der Waals surface area contributed by atoms with Gasteiger partial charge in [-0.1, -0.05) is 0 Å². The minimum Gasteiger partial charge on any atom is -0.379 e. The zero-order chi connectivity index (χ0) is 13.0. The van der Waals surface area contributed by atoms with Gasteiger partial charge in [0.15, 0.2) is 0 Å². The molecule has 0 aromatic heterocycles. The molecule has 4 heteroatoms. The largest absolute Gasteiger partial charge is 0.379 e. The summed E-state index contributed by atoms with van der Waals surface area (Å²) in [7, 11) is 5.90. The average molecular weight is 231 g/mol. The van der Waals surface area contributed by atoms with Crippen molar-refractivity contribution in [1.29, 1.82) is 0 Å². The van der Waals surface area contributed by atoms with Crippen molar-refractivity contribution in [2.24, 2.45) is 5.84 Å². The van der Waals surface area contributed by atoms with Gasteiger partial charge in [-0.25, -0.2) is 0 Å². The van der Waals surface area contributed by atoms with Crippen LogP contribution >= 0.6 is 0 Å². The molecule has 0 aromatic rings. The first-order valence-corrected chi connectivity index (χ1v) is 5.86. The molecule has 0 aromatic carbocycles. The van der Waals surface area contributed by atoms with Gasteiger partial charge in [0.25, 0.3) is 0 Å². The number of hydrogen-bond donors (Lipinski definition) is 2. The van der Waals surface area contributed by atoms with Gasteiger partial charge in [0.2, 0.25) is 0 Å². The van der Waals surface area contributed by atoms with Crippen molar-refractivity contribution in [3.63, 3.8) is 0 Å². The lowest BCUT2D eigenvalue weighted by Gasteiger charge is -2.40. The third-order valence-electron chi connectivity index (χ3n) is 3.79. The van der Waals surface area contributed by atoms with E-state index in [0.717, 1.165) is 12.8 Å². The molecule has 0 bridgehead atoms.